The number of hydrogen-bond acceptors (Lipinski definition) is 3. The summed E-state index contributed by atoms with van der Waals surface area (Å²) in [6.07, 6.45) is 4.39. The van der Waals surface area contributed by atoms with Gasteiger partial charge in [0.2, 0.25) is 0 Å². The highest BCUT2D eigenvalue weighted by Crippen LogP contribution is 2.10. The lowest BCUT2D eigenvalue weighted by Crippen LogP contribution is -2.49. The van der Waals surface area contributed by atoms with Crippen LogP contribution in [0, 0.1) is 0 Å². The summed E-state index contributed by atoms with van der Waals surface area (Å²) in [5.74, 6) is 0. The van der Waals surface area contributed by atoms with Gasteiger partial charge >= 0.3 is 0 Å². The SMILES string of the molecule is CCCNC(C)(CO)Cn1cc(Cl)cn1. The van der Waals surface area contributed by atoms with Crippen molar-refractivity contribution in [1.82, 2.24) is 15.1 Å². The number of nitrogens with one attached hydrogen (secondary N) is 1. The second-order valence-electron chi connectivity index (χ2n) is 4.00. The molecule has 0 bridgehead atoms. The van der Waals surface area contributed by atoms with E-state index in [4.69, 9.17) is 11.6 Å². The van der Waals surface area contributed by atoms with Gasteiger partial charge < -0.3 is 10.4 Å². The fraction of sp³-hybridized carbons (Fsp3) is 0.700. The van der Waals surface area contributed by atoms with Crippen molar-refractivity contribution in [3.05, 3.63) is 17.4 Å². The van der Waals surface area contributed by atoms with Crippen molar-refractivity contribution in [1.29, 1.82) is 0 Å². The molecule has 86 valence electrons. The molecule has 1 rings (SSSR count). The van der Waals surface area contributed by atoms with Crippen molar-refractivity contribution in [3.8, 4) is 0 Å². The van der Waals surface area contributed by atoms with Gasteiger partial charge in [0.1, 0.15) is 0 Å². The lowest BCUT2D eigenvalue weighted by molar-refractivity contribution is 0.153. The Morgan fingerprint density at radius 1 is 1.67 bits per heavy atom. The molecule has 2 N–H and O–H groups in total. The Labute approximate surface area is 95.2 Å². The van der Waals surface area contributed by atoms with E-state index in [1.807, 2.05) is 6.92 Å². The van der Waals surface area contributed by atoms with Crippen LogP contribution in [-0.4, -0.2) is 33.6 Å². The molecule has 0 amide bonds. The summed E-state index contributed by atoms with van der Waals surface area (Å²) in [5.41, 5.74) is -0.342. The maximum Gasteiger partial charge on any atom is 0.0785 e. The van der Waals surface area contributed by atoms with Crippen LogP contribution in [0.15, 0.2) is 12.4 Å². The highest BCUT2D eigenvalue weighted by atomic mass is 35.5. The van der Waals surface area contributed by atoms with E-state index < -0.39 is 0 Å². The van der Waals surface area contributed by atoms with E-state index in [1.165, 1.54) is 0 Å². The van der Waals surface area contributed by atoms with Gasteiger partial charge in [-0.15, -0.1) is 0 Å². The topological polar surface area (TPSA) is 50.1 Å². The molecule has 1 aromatic rings. The standard InChI is InChI=1S/C10H18ClN3O/c1-3-4-12-10(2,8-15)7-14-6-9(11)5-13-14/h5-6,12,15H,3-4,7-8H2,1-2H3. The predicted molar refractivity (Wildman–Crippen MR) is 61.0 cm³/mol. The smallest absolute Gasteiger partial charge is 0.0785 e. The molecule has 1 unspecified atom stereocenters. The predicted octanol–water partition coefficient (Wildman–Crippen LogP) is 1.29. The molecule has 4 nitrogen and oxygen atoms in total. The van der Waals surface area contributed by atoms with Crippen molar-refractivity contribution in [2.45, 2.75) is 32.4 Å². The van der Waals surface area contributed by atoms with E-state index in [2.05, 4.69) is 17.3 Å². The molecule has 0 saturated heterocycles. The summed E-state index contributed by atoms with van der Waals surface area (Å²) in [5, 5.41) is 17.3. The van der Waals surface area contributed by atoms with Crippen LogP contribution >= 0.6 is 11.6 Å². The van der Waals surface area contributed by atoms with Gasteiger partial charge in [-0.25, -0.2) is 0 Å². The molecule has 0 aliphatic rings. The summed E-state index contributed by atoms with van der Waals surface area (Å²) in [6.45, 7) is 5.63. The van der Waals surface area contributed by atoms with Gasteiger partial charge in [-0.05, 0) is 19.9 Å². The number of aliphatic hydroxyl groups is 1. The van der Waals surface area contributed by atoms with Gasteiger partial charge in [0.15, 0.2) is 0 Å². The molecule has 1 atom stereocenters. The van der Waals surface area contributed by atoms with Gasteiger partial charge in [0.05, 0.1) is 29.9 Å². The zero-order chi connectivity index (χ0) is 11.3. The Hall–Kier alpha value is -0.580. The van der Waals surface area contributed by atoms with Crippen LogP contribution in [-0.2, 0) is 6.54 Å². The van der Waals surface area contributed by atoms with Crippen LogP contribution in [0.2, 0.25) is 5.02 Å². The molecule has 0 saturated carbocycles. The van der Waals surface area contributed by atoms with Crippen LogP contribution in [0.5, 0.6) is 0 Å². The first-order valence-electron chi connectivity index (χ1n) is 5.13. The summed E-state index contributed by atoms with van der Waals surface area (Å²) in [6, 6.07) is 0. The maximum atomic E-state index is 9.34. The van der Waals surface area contributed by atoms with Crippen molar-refractivity contribution in [3.63, 3.8) is 0 Å². The van der Waals surface area contributed by atoms with Crippen LogP contribution in [0.25, 0.3) is 0 Å². The maximum absolute atomic E-state index is 9.34. The molecule has 15 heavy (non-hydrogen) atoms. The zero-order valence-electron chi connectivity index (χ0n) is 9.20. The molecule has 0 aromatic carbocycles. The van der Waals surface area contributed by atoms with Gasteiger partial charge in [-0.1, -0.05) is 18.5 Å². The number of aromatic nitrogens is 2. The van der Waals surface area contributed by atoms with Crippen molar-refractivity contribution in [2.75, 3.05) is 13.2 Å². The highest BCUT2D eigenvalue weighted by Gasteiger charge is 2.23. The zero-order valence-corrected chi connectivity index (χ0v) is 9.96. The first kappa shape index (κ1) is 12.5. The minimum atomic E-state index is -0.342. The molecule has 0 aliphatic heterocycles. The second-order valence-corrected chi connectivity index (χ2v) is 4.44. The van der Waals surface area contributed by atoms with Crippen molar-refractivity contribution >= 4 is 11.6 Å². The van der Waals surface area contributed by atoms with E-state index >= 15 is 0 Å². The monoisotopic (exact) mass is 231 g/mol. The number of hydrogen-bond donors (Lipinski definition) is 2. The summed E-state index contributed by atoms with van der Waals surface area (Å²) < 4.78 is 1.74. The van der Waals surface area contributed by atoms with Gasteiger partial charge in [-0.2, -0.15) is 5.10 Å². The average molecular weight is 232 g/mol. The fourth-order valence-electron chi connectivity index (χ4n) is 1.37. The number of aliphatic hydroxyl groups excluding tert-OH is 1. The molecular formula is C10H18ClN3O. The lowest BCUT2D eigenvalue weighted by Gasteiger charge is -2.28. The van der Waals surface area contributed by atoms with Crippen LogP contribution in [0.3, 0.4) is 0 Å². The summed E-state index contributed by atoms with van der Waals surface area (Å²) in [7, 11) is 0. The van der Waals surface area contributed by atoms with Gasteiger partial charge in [0, 0.05) is 6.20 Å². The lowest BCUT2D eigenvalue weighted by atomic mass is 10.0. The molecule has 0 radical (unpaired) electrons. The van der Waals surface area contributed by atoms with E-state index in [0.717, 1.165) is 13.0 Å². The second kappa shape index (κ2) is 5.49. The first-order chi connectivity index (χ1) is 7.09. The molecular weight excluding hydrogens is 214 g/mol. The van der Waals surface area contributed by atoms with E-state index in [1.54, 1.807) is 17.1 Å². The molecule has 0 fully saturated rings. The van der Waals surface area contributed by atoms with E-state index in [9.17, 15) is 5.11 Å². The third-order valence-corrected chi connectivity index (χ3v) is 2.46. The molecule has 0 aliphatic carbocycles. The number of halogens is 1. The van der Waals surface area contributed by atoms with Gasteiger partial charge in [-0.3, -0.25) is 4.68 Å². The Morgan fingerprint density at radius 2 is 2.40 bits per heavy atom. The minimum absolute atomic E-state index is 0.0739. The Kier molecular flexibility index (Phi) is 4.57. The number of nitrogens with zero attached hydrogens (tertiary/aromatic N) is 2. The molecule has 1 heterocycles. The van der Waals surface area contributed by atoms with Crippen LogP contribution < -0.4 is 5.32 Å². The third kappa shape index (κ3) is 3.81. The summed E-state index contributed by atoms with van der Waals surface area (Å²) in [4.78, 5) is 0. The molecule has 5 heteroatoms. The molecule has 0 spiro atoms. The van der Waals surface area contributed by atoms with Crippen LogP contribution in [0.4, 0.5) is 0 Å². The first-order valence-corrected chi connectivity index (χ1v) is 5.51. The Morgan fingerprint density at radius 3 is 2.87 bits per heavy atom. The van der Waals surface area contributed by atoms with E-state index in [-0.39, 0.29) is 12.1 Å². The quantitative estimate of drug-likeness (QED) is 0.776. The number of rotatable bonds is 6. The largest absolute Gasteiger partial charge is 0.394 e. The Balaban J connectivity index is 2.59. The van der Waals surface area contributed by atoms with E-state index in [0.29, 0.717) is 11.6 Å². The minimum Gasteiger partial charge on any atom is -0.394 e. The molecule has 1 aromatic heterocycles. The van der Waals surface area contributed by atoms with Crippen LogP contribution in [0.1, 0.15) is 20.3 Å². The highest BCUT2D eigenvalue weighted by molar-refractivity contribution is 6.30. The Bertz CT molecular complexity index is 303. The van der Waals surface area contributed by atoms with Crippen molar-refractivity contribution < 1.29 is 5.11 Å². The average Bonchev–Trinajstić information content (AvgIpc) is 2.61. The summed E-state index contributed by atoms with van der Waals surface area (Å²) >= 11 is 5.77. The normalized spacial score (nSPS) is 15.2. The third-order valence-electron chi connectivity index (χ3n) is 2.26. The van der Waals surface area contributed by atoms with Crippen molar-refractivity contribution in [2.24, 2.45) is 0 Å². The fourth-order valence-corrected chi connectivity index (χ4v) is 1.53. The van der Waals surface area contributed by atoms with Gasteiger partial charge in [0.25, 0.3) is 0 Å².